The molecular weight excluding hydrogens is 494 g/mol. The van der Waals surface area contributed by atoms with Crippen molar-refractivity contribution in [3.05, 3.63) is 93.6 Å². The number of fused-ring (bicyclic) bond motifs is 2. The number of aryl methyl sites for hydroxylation is 1. The summed E-state index contributed by atoms with van der Waals surface area (Å²) in [5.74, 6) is 0.448. The highest BCUT2D eigenvalue weighted by Gasteiger charge is 2.26. The van der Waals surface area contributed by atoms with Gasteiger partial charge in [0.1, 0.15) is 17.0 Å². The molecule has 0 aliphatic heterocycles. The predicted molar refractivity (Wildman–Crippen MR) is 135 cm³/mol. The van der Waals surface area contributed by atoms with Crippen LogP contribution >= 0.6 is 15.9 Å². The third kappa shape index (κ3) is 3.70. The Balaban J connectivity index is 1.52. The second-order valence-electron chi connectivity index (χ2n) is 8.37. The van der Waals surface area contributed by atoms with Gasteiger partial charge in [0, 0.05) is 47.8 Å². The number of hydrogen-bond donors (Lipinski definition) is 1. The molecule has 0 aliphatic rings. The second kappa shape index (κ2) is 8.53. The Labute approximate surface area is 204 Å². The van der Waals surface area contributed by atoms with Gasteiger partial charge < -0.3 is 14.5 Å². The maximum absolute atomic E-state index is 13.6. The number of nitrogens with zero attached hydrogens (tertiary/aromatic N) is 4. The first kappa shape index (κ1) is 22.0. The van der Waals surface area contributed by atoms with Crippen molar-refractivity contribution in [3.8, 4) is 0 Å². The van der Waals surface area contributed by atoms with E-state index in [9.17, 15) is 9.59 Å². The Kier molecular flexibility index (Phi) is 5.53. The highest BCUT2D eigenvalue weighted by atomic mass is 79.9. The molecule has 2 aromatic carbocycles. The molecule has 0 fully saturated rings. The van der Waals surface area contributed by atoms with Crippen LogP contribution in [0, 0.1) is 6.92 Å². The Morgan fingerprint density at radius 2 is 1.85 bits per heavy atom. The lowest BCUT2D eigenvalue weighted by molar-refractivity contribution is 0.0817. The maximum Gasteiger partial charge on any atom is 0.270 e. The monoisotopic (exact) mass is 515 g/mol. The molecule has 0 radical (unpaired) electrons. The molecule has 0 aliphatic carbocycles. The molecule has 3 aromatic heterocycles. The zero-order chi connectivity index (χ0) is 24.0. The van der Waals surface area contributed by atoms with Gasteiger partial charge in [0.25, 0.3) is 5.91 Å². The van der Waals surface area contributed by atoms with Crippen LogP contribution in [-0.2, 0) is 6.54 Å². The van der Waals surface area contributed by atoms with Gasteiger partial charge in [0.2, 0.25) is 0 Å². The molecule has 1 N–H and O–H groups in total. The van der Waals surface area contributed by atoms with Gasteiger partial charge in [-0.3, -0.25) is 14.6 Å². The molecule has 34 heavy (non-hydrogen) atoms. The van der Waals surface area contributed by atoms with E-state index in [2.05, 4.69) is 35.4 Å². The summed E-state index contributed by atoms with van der Waals surface area (Å²) in [5.41, 5.74) is 4.83. The number of benzene rings is 2. The fourth-order valence-electron chi connectivity index (χ4n) is 4.21. The Morgan fingerprint density at radius 1 is 1.09 bits per heavy atom. The van der Waals surface area contributed by atoms with Crippen molar-refractivity contribution in [2.24, 2.45) is 0 Å². The molecular formula is C26H22BrN5O2. The second-order valence-corrected chi connectivity index (χ2v) is 9.23. The third-order valence-corrected chi connectivity index (χ3v) is 6.58. The molecule has 0 atom stereocenters. The Hall–Kier alpha value is -3.78. The first-order valence-electron chi connectivity index (χ1n) is 10.8. The minimum atomic E-state index is -0.250. The molecule has 0 saturated carbocycles. The molecule has 1 amide bonds. The number of ketones is 1. The zero-order valence-electron chi connectivity index (χ0n) is 19.0. The minimum absolute atomic E-state index is 0.203. The van der Waals surface area contributed by atoms with Crippen molar-refractivity contribution >= 4 is 49.6 Å². The van der Waals surface area contributed by atoms with E-state index in [1.54, 1.807) is 26.5 Å². The summed E-state index contributed by atoms with van der Waals surface area (Å²) in [6.07, 6.45) is 3.51. The van der Waals surface area contributed by atoms with Crippen LogP contribution in [0.4, 0.5) is 0 Å². The van der Waals surface area contributed by atoms with E-state index >= 15 is 0 Å². The fraction of sp³-hybridized carbons (Fsp3) is 0.154. The molecule has 0 saturated heterocycles. The molecule has 0 bridgehead atoms. The molecule has 0 unspecified atom stereocenters. The summed E-state index contributed by atoms with van der Waals surface area (Å²) < 4.78 is 2.88. The van der Waals surface area contributed by atoms with Gasteiger partial charge in [-0.15, -0.1) is 0 Å². The zero-order valence-corrected chi connectivity index (χ0v) is 20.5. The normalized spacial score (nSPS) is 11.3. The quantitative estimate of drug-likeness (QED) is 0.335. The average molecular weight is 516 g/mol. The number of aromatic amines is 1. The number of carbonyl (C=O) groups is 2. The van der Waals surface area contributed by atoms with Crippen LogP contribution in [0.3, 0.4) is 0 Å². The molecule has 8 heteroatoms. The summed E-state index contributed by atoms with van der Waals surface area (Å²) in [6.45, 7) is 2.60. The SMILES string of the molecule is Cc1nc2cnccc2n1Cc1ccc(C(=O)c2c(C(=O)N(C)C)[nH]c3cccc(Br)c23)cc1. The van der Waals surface area contributed by atoms with Crippen LogP contribution in [0.25, 0.3) is 21.9 Å². The minimum Gasteiger partial charge on any atom is -0.350 e. The maximum atomic E-state index is 13.6. The summed E-state index contributed by atoms with van der Waals surface area (Å²) in [7, 11) is 3.34. The number of pyridine rings is 1. The summed E-state index contributed by atoms with van der Waals surface area (Å²) in [4.78, 5) is 39.8. The number of nitrogens with one attached hydrogen (secondary N) is 1. The van der Waals surface area contributed by atoms with Gasteiger partial charge >= 0.3 is 0 Å². The number of aromatic nitrogens is 4. The first-order valence-corrected chi connectivity index (χ1v) is 11.6. The van der Waals surface area contributed by atoms with Gasteiger partial charge in [-0.1, -0.05) is 46.3 Å². The van der Waals surface area contributed by atoms with Gasteiger partial charge in [-0.25, -0.2) is 4.98 Å². The Bertz CT molecular complexity index is 1560. The smallest absolute Gasteiger partial charge is 0.270 e. The number of hydrogen-bond acceptors (Lipinski definition) is 4. The molecule has 5 rings (SSSR count). The van der Waals surface area contributed by atoms with Crippen molar-refractivity contribution in [3.63, 3.8) is 0 Å². The first-order chi connectivity index (χ1) is 16.3. The molecule has 7 nitrogen and oxygen atoms in total. The highest BCUT2D eigenvalue weighted by molar-refractivity contribution is 9.10. The number of amides is 1. The summed E-state index contributed by atoms with van der Waals surface area (Å²) in [5, 5.41) is 0.705. The van der Waals surface area contributed by atoms with Crippen molar-refractivity contribution in [1.82, 2.24) is 24.4 Å². The van der Waals surface area contributed by atoms with Gasteiger partial charge in [0.15, 0.2) is 5.78 Å². The largest absolute Gasteiger partial charge is 0.350 e. The van der Waals surface area contributed by atoms with Crippen LogP contribution in [-0.4, -0.2) is 50.2 Å². The van der Waals surface area contributed by atoms with Crippen LogP contribution in [0.5, 0.6) is 0 Å². The van der Waals surface area contributed by atoms with E-state index in [1.165, 1.54) is 4.90 Å². The third-order valence-electron chi connectivity index (χ3n) is 5.92. The number of halogens is 1. The molecule has 3 heterocycles. The van der Waals surface area contributed by atoms with Crippen molar-refractivity contribution in [2.45, 2.75) is 13.5 Å². The number of imidazole rings is 1. The molecule has 0 spiro atoms. The summed E-state index contributed by atoms with van der Waals surface area (Å²) in [6, 6.07) is 15.1. The van der Waals surface area contributed by atoms with E-state index in [1.807, 2.05) is 55.5 Å². The van der Waals surface area contributed by atoms with Crippen LogP contribution in [0.15, 0.2) is 65.4 Å². The number of carbonyl (C=O) groups excluding carboxylic acids is 2. The van der Waals surface area contributed by atoms with E-state index < -0.39 is 0 Å². The fourth-order valence-corrected chi connectivity index (χ4v) is 4.77. The number of rotatable bonds is 5. The van der Waals surface area contributed by atoms with Crippen LogP contribution in [0.1, 0.15) is 37.8 Å². The van der Waals surface area contributed by atoms with Crippen LogP contribution in [0.2, 0.25) is 0 Å². The molecule has 170 valence electrons. The van der Waals surface area contributed by atoms with E-state index in [0.29, 0.717) is 23.1 Å². The highest BCUT2D eigenvalue weighted by Crippen LogP contribution is 2.32. The average Bonchev–Trinajstić information content (AvgIpc) is 3.37. The number of H-pyrrole nitrogens is 1. The van der Waals surface area contributed by atoms with E-state index in [0.717, 1.165) is 32.4 Å². The molecule has 5 aromatic rings. The van der Waals surface area contributed by atoms with Crippen LogP contribution < -0.4 is 0 Å². The van der Waals surface area contributed by atoms with E-state index in [-0.39, 0.29) is 17.4 Å². The van der Waals surface area contributed by atoms with Gasteiger partial charge in [0.05, 0.1) is 17.3 Å². The summed E-state index contributed by atoms with van der Waals surface area (Å²) >= 11 is 3.55. The lowest BCUT2D eigenvalue weighted by Crippen LogP contribution is -2.24. The lowest BCUT2D eigenvalue weighted by Gasteiger charge is -2.11. The standard InChI is InChI=1S/C26H22BrN5O2/c1-15-29-20-13-28-12-11-21(20)32(15)14-16-7-9-17(10-8-16)25(33)23-22-18(27)5-4-6-19(22)30-24(23)26(34)31(2)3/h4-13,30H,14H2,1-3H3. The Morgan fingerprint density at radius 3 is 2.59 bits per heavy atom. The lowest BCUT2D eigenvalue weighted by atomic mass is 9.98. The van der Waals surface area contributed by atoms with E-state index in [4.69, 9.17) is 0 Å². The van der Waals surface area contributed by atoms with Crippen molar-refractivity contribution in [1.29, 1.82) is 0 Å². The predicted octanol–water partition coefficient (Wildman–Crippen LogP) is 4.96. The topological polar surface area (TPSA) is 83.9 Å². The van der Waals surface area contributed by atoms with Crippen molar-refractivity contribution in [2.75, 3.05) is 14.1 Å². The van der Waals surface area contributed by atoms with Gasteiger partial charge in [-0.05, 0) is 30.7 Å². The van der Waals surface area contributed by atoms with Crippen molar-refractivity contribution < 1.29 is 9.59 Å². The van der Waals surface area contributed by atoms with Gasteiger partial charge in [-0.2, -0.15) is 0 Å².